The Kier molecular flexibility index (Phi) is 6.51. The molecule has 0 saturated carbocycles. The summed E-state index contributed by atoms with van der Waals surface area (Å²) < 4.78 is 6.43. The van der Waals surface area contributed by atoms with Crippen LogP contribution in [0.2, 0.25) is 0 Å². The van der Waals surface area contributed by atoms with Gasteiger partial charge in [0.05, 0.1) is 24.7 Å². The monoisotopic (exact) mass is 440 g/mol. The highest BCUT2D eigenvalue weighted by molar-refractivity contribution is 5.95. The Labute approximate surface area is 189 Å². The fourth-order valence-electron chi connectivity index (χ4n) is 2.96. The van der Waals surface area contributed by atoms with Gasteiger partial charge in [-0.2, -0.15) is 10.2 Å². The van der Waals surface area contributed by atoms with E-state index in [1.165, 1.54) is 10.9 Å². The first-order valence-corrected chi connectivity index (χ1v) is 10.0. The van der Waals surface area contributed by atoms with E-state index in [1.807, 2.05) is 36.4 Å². The van der Waals surface area contributed by atoms with Gasteiger partial charge in [0.2, 0.25) is 0 Å². The molecule has 1 heterocycles. The lowest BCUT2D eigenvalue weighted by molar-refractivity contribution is 0.0955. The van der Waals surface area contributed by atoms with E-state index < -0.39 is 11.5 Å². The number of carbonyl (C=O) groups excluding carboxylic acids is 1. The fourth-order valence-corrected chi connectivity index (χ4v) is 2.96. The van der Waals surface area contributed by atoms with Crippen LogP contribution in [0.3, 0.4) is 0 Å². The Balaban J connectivity index is 1.62. The van der Waals surface area contributed by atoms with Crippen LogP contribution in [0.4, 0.5) is 11.4 Å². The summed E-state index contributed by atoms with van der Waals surface area (Å²) in [7, 11) is 1.55. The third-order valence-corrected chi connectivity index (χ3v) is 4.64. The predicted octanol–water partition coefficient (Wildman–Crippen LogP) is 4.35. The standard InChI is InChI=1S/C24H20N6O3/c1-33-20-14-12-17(13-15-20)23(31)28-25-16-21-22(27-26-18-8-4-2-5-9-18)24(32)30(29-21)19-10-6-3-7-11-19/h2-16,29H,1H3,(H,28,31)/b25-16-,27-26?. The van der Waals surface area contributed by atoms with Gasteiger partial charge in [-0.3, -0.25) is 14.7 Å². The van der Waals surface area contributed by atoms with Gasteiger partial charge < -0.3 is 4.74 Å². The minimum Gasteiger partial charge on any atom is -0.497 e. The molecule has 9 nitrogen and oxygen atoms in total. The molecule has 164 valence electrons. The van der Waals surface area contributed by atoms with Crippen LogP contribution in [0.15, 0.2) is 105 Å². The molecule has 4 aromatic rings. The van der Waals surface area contributed by atoms with Crippen molar-refractivity contribution in [2.45, 2.75) is 0 Å². The van der Waals surface area contributed by atoms with Crippen LogP contribution in [0.1, 0.15) is 16.1 Å². The molecule has 0 spiro atoms. The molecule has 0 aliphatic rings. The second-order valence-electron chi connectivity index (χ2n) is 6.81. The van der Waals surface area contributed by atoms with Crippen molar-refractivity contribution in [3.63, 3.8) is 0 Å². The summed E-state index contributed by atoms with van der Waals surface area (Å²) in [5.41, 5.74) is 4.02. The van der Waals surface area contributed by atoms with Crippen molar-refractivity contribution in [2.24, 2.45) is 15.3 Å². The number of azo groups is 1. The van der Waals surface area contributed by atoms with E-state index in [-0.39, 0.29) is 5.69 Å². The molecular weight excluding hydrogens is 420 g/mol. The zero-order chi connectivity index (χ0) is 23.0. The molecule has 9 heteroatoms. The van der Waals surface area contributed by atoms with E-state index in [9.17, 15) is 9.59 Å². The highest BCUT2D eigenvalue weighted by Gasteiger charge is 2.14. The fraction of sp³-hybridized carbons (Fsp3) is 0.0417. The number of rotatable bonds is 7. The van der Waals surface area contributed by atoms with Gasteiger partial charge in [0.1, 0.15) is 11.4 Å². The van der Waals surface area contributed by atoms with E-state index >= 15 is 0 Å². The number of methoxy groups -OCH3 is 1. The Morgan fingerprint density at radius 3 is 2.27 bits per heavy atom. The molecule has 0 bridgehead atoms. The SMILES string of the molecule is COc1ccc(C(=O)N/N=C\c2[nH]n(-c3ccccc3)c(=O)c2N=Nc2ccccc2)cc1. The van der Waals surface area contributed by atoms with Gasteiger partial charge in [-0.15, -0.1) is 5.11 Å². The van der Waals surface area contributed by atoms with Crippen molar-refractivity contribution in [3.8, 4) is 11.4 Å². The lowest BCUT2D eigenvalue weighted by Gasteiger charge is -2.02. The number of ether oxygens (including phenoxy) is 1. The zero-order valence-corrected chi connectivity index (χ0v) is 17.7. The molecule has 0 fully saturated rings. The number of carbonyl (C=O) groups is 1. The third kappa shape index (κ3) is 5.10. The van der Waals surface area contributed by atoms with Gasteiger partial charge in [0.15, 0.2) is 5.69 Å². The summed E-state index contributed by atoms with van der Waals surface area (Å²) in [6.07, 6.45) is 1.32. The van der Waals surface area contributed by atoms with Crippen LogP contribution in [0, 0.1) is 0 Å². The molecule has 4 rings (SSSR count). The number of nitrogens with one attached hydrogen (secondary N) is 2. The Morgan fingerprint density at radius 1 is 0.939 bits per heavy atom. The minimum absolute atomic E-state index is 0.0603. The average molecular weight is 440 g/mol. The lowest BCUT2D eigenvalue weighted by atomic mass is 10.2. The van der Waals surface area contributed by atoms with Crippen LogP contribution in [-0.4, -0.2) is 29.0 Å². The summed E-state index contributed by atoms with van der Waals surface area (Å²) in [4.78, 5) is 25.3. The summed E-state index contributed by atoms with van der Waals surface area (Å²) >= 11 is 0. The summed E-state index contributed by atoms with van der Waals surface area (Å²) in [5, 5.41) is 15.2. The molecule has 0 aliphatic heterocycles. The van der Waals surface area contributed by atoms with E-state index in [1.54, 1.807) is 55.6 Å². The molecule has 3 aromatic carbocycles. The minimum atomic E-state index is -0.411. The normalized spacial score (nSPS) is 11.2. The first-order chi connectivity index (χ1) is 16.2. The smallest absolute Gasteiger partial charge is 0.299 e. The second kappa shape index (κ2) is 10.0. The summed E-state index contributed by atoms with van der Waals surface area (Å²) in [6.45, 7) is 0. The topological polar surface area (TPSA) is 113 Å². The van der Waals surface area contributed by atoms with Crippen molar-refractivity contribution >= 4 is 23.5 Å². The van der Waals surface area contributed by atoms with Crippen LogP contribution < -0.4 is 15.7 Å². The zero-order valence-electron chi connectivity index (χ0n) is 17.7. The number of H-pyrrole nitrogens is 1. The second-order valence-corrected chi connectivity index (χ2v) is 6.81. The van der Waals surface area contributed by atoms with Crippen molar-refractivity contribution in [1.29, 1.82) is 0 Å². The molecule has 0 unspecified atom stereocenters. The Bertz CT molecular complexity index is 1340. The maximum Gasteiger partial charge on any atom is 0.299 e. The number of para-hydroxylation sites is 1. The van der Waals surface area contributed by atoms with Gasteiger partial charge in [-0.05, 0) is 48.5 Å². The number of hydrogen-bond donors (Lipinski definition) is 2. The maximum absolute atomic E-state index is 13.0. The number of amides is 1. The number of hydrogen-bond acceptors (Lipinski definition) is 6. The molecule has 33 heavy (non-hydrogen) atoms. The van der Waals surface area contributed by atoms with Gasteiger partial charge >= 0.3 is 0 Å². The quantitative estimate of drug-likeness (QED) is 0.253. The molecule has 0 radical (unpaired) electrons. The molecule has 1 aromatic heterocycles. The highest BCUT2D eigenvalue weighted by Crippen LogP contribution is 2.18. The largest absolute Gasteiger partial charge is 0.497 e. The van der Waals surface area contributed by atoms with Crippen molar-refractivity contribution in [3.05, 3.63) is 107 Å². The van der Waals surface area contributed by atoms with Gasteiger partial charge in [-0.1, -0.05) is 36.4 Å². The average Bonchev–Trinajstić information content (AvgIpc) is 3.18. The lowest BCUT2D eigenvalue weighted by Crippen LogP contribution is -2.17. The van der Waals surface area contributed by atoms with E-state index in [4.69, 9.17) is 4.74 Å². The number of benzene rings is 3. The summed E-state index contributed by atoms with van der Waals surface area (Å²) in [6, 6.07) is 24.7. The van der Waals surface area contributed by atoms with Crippen LogP contribution >= 0.6 is 0 Å². The van der Waals surface area contributed by atoms with Gasteiger partial charge in [0, 0.05) is 5.56 Å². The number of aromatic nitrogens is 2. The Hall–Kier alpha value is -4.79. The number of hydrazone groups is 1. The molecule has 0 saturated heterocycles. The van der Waals surface area contributed by atoms with Crippen LogP contribution in [0.25, 0.3) is 5.69 Å². The summed E-state index contributed by atoms with van der Waals surface area (Å²) in [5.74, 6) is 0.231. The van der Waals surface area contributed by atoms with Crippen molar-refractivity contribution in [2.75, 3.05) is 7.11 Å². The Morgan fingerprint density at radius 2 is 1.61 bits per heavy atom. The third-order valence-electron chi connectivity index (χ3n) is 4.64. The van der Waals surface area contributed by atoms with Crippen molar-refractivity contribution in [1.82, 2.24) is 15.2 Å². The number of nitrogens with zero attached hydrogens (tertiary/aromatic N) is 4. The van der Waals surface area contributed by atoms with Gasteiger partial charge in [-0.25, -0.2) is 10.1 Å². The molecular formula is C24H20N6O3. The molecule has 0 aliphatic carbocycles. The predicted molar refractivity (Wildman–Crippen MR) is 125 cm³/mol. The maximum atomic E-state index is 13.0. The van der Waals surface area contributed by atoms with Crippen molar-refractivity contribution < 1.29 is 9.53 Å². The molecule has 0 atom stereocenters. The molecule has 2 N–H and O–H groups in total. The van der Waals surface area contributed by atoms with E-state index in [0.29, 0.717) is 28.4 Å². The molecule has 1 amide bonds. The number of aromatic amines is 1. The van der Waals surface area contributed by atoms with Gasteiger partial charge in [0.25, 0.3) is 11.5 Å². The van der Waals surface area contributed by atoms with Crippen LogP contribution in [-0.2, 0) is 0 Å². The van der Waals surface area contributed by atoms with Crippen LogP contribution in [0.5, 0.6) is 5.75 Å². The first kappa shape index (κ1) is 21.4. The first-order valence-electron chi connectivity index (χ1n) is 10.0. The van der Waals surface area contributed by atoms with E-state index in [2.05, 4.69) is 25.9 Å². The highest BCUT2D eigenvalue weighted by atomic mass is 16.5. The van der Waals surface area contributed by atoms with E-state index in [0.717, 1.165) is 0 Å².